The van der Waals surface area contributed by atoms with Crippen molar-refractivity contribution in [1.82, 2.24) is 4.90 Å². The van der Waals surface area contributed by atoms with Crippen LogP contribution in [0.25, 0.3) is 6.08 Å². The monoisotopic (exact) mass is 303 g/mol. The van der Waals surface area contributed by atoms with Gasteiger partial charge in [-0.3, -0.25) is 4.79 Å². The van der Waals surface area contributed by atoms with Crippen molar-refractivity contribution < 1.29 is 14.3 Å². The lowest BCUT2D eigenvalue weighted by Crippen LogP contribution is -2.36. The van der Waals surface area contributed by atoms with Gasteiger partial charge in [-0.1, -0.05) is 25.1 Å². The van der Waals surface area contributed by atoms with Crippen LogP contribution in [0.15, 0.2) is 30.3 Å². The smallest absolute Gasteiger partial charge is 0.246 e. The zero-order chi connectivity index (χ0) is 15.8. The molecular weight excluding hydrogens is 278 g/mol. The molecule has 1 aliphatic heterocycles. The van der Waals surface area contributed by atoms with Gasteiger partial charge >= 0.3 is 0 Å². The van der Waals surface area contributed by atoms with E-state index in [2.05, 4.69) is 6.92 Å². The summed E-state index contributed by atoms with van der Waals surface area (Å²) in [6, 6.07) is 7.68. The topological polar surface area (TPSA) is 38.8 Å². The van der Waals surface area contributed by atoms with Crippen molar-refractivity contribution in [2.75, 3.05) is 26.8 Å². The molecule has 0 aliphatic carbocycles. The second-order valence-corrected chi connectivity index (χ2v) is 5.49. The van der Waals surface area contributed by atoms with Crippen LogP contribution in [0.2, 0.25) is 0 Å². The molecular formula is C18H25NO3. The number of benzene rings is 1. The van der Waals surface area contributed by atoms with Crippen LogP contribution in [0.5, 0.6) is 5.75 Å². The summed E-state index contributed by atoms with van der Waals surface area (Å²) >= 11 is 0. The molecule has 120 valence electrons. The van der Waals surface area contributed by atoms with Crippen molar-refractivity contribution in [2.24, 2.45) is 0 Å². The van der Waals surface area contributed by atoms with E-state index in [4.69, 9.17) is 9.47 Å². The molecule has 0 bridgehead atoms. The lowest BCUT2D eigenvalue weighted by Gasteiger charge is -2.23. The van der Waals surface area contributed by atoms with Gasteiger partial charge in [0.05, 0.1) is 13.2 Å². The maximum absolute atomic E-state index is 12.4. The SMILES string of the molecule is CCCN(CC1CCCO1)C(=O)/C=C/c1ccccc1OC. The Kier molecular flexibility index (Phi) is 6.46. The first-order chi connectivity index (χ1) is 10.7. The third-order valence-corrected chi connectivity index (χ3v) is 3.80. The van der Waals surface area contributed by atoms with Gasteiger partial charge in [-0.2, -0.15) is 0 Å². The van der Waals surface area contributed by atoms with E-state index in [1.54, 1.807) is 13.2 Å². The Balaban J connectivity index is 2.01. The Morgan fingerprint density at radius 1 is 1.45 bits per heavy atom. The minimum absolute atomic E-state index is 0.0308. The quantitative estimate of drug-likeness (QED) is 0.726. The summed E-state index contributed by atoms with van der Waals surface area (Å²) in [7, 11) is 1.63. The molecule has 1 aromatic rings. The second-order valence-electron chi connectivity index (χ2n) is 5.49. The standard InChI is InChI=1S/C18H25NO3/c1-3-12-19(14-16-8-6-13-22-16)18(20)11-10-15-7-4-5-9-17(15)21-2/h4-5,7,9-11,16H,3,6,8,12-14H2,1-2H3/b11-10+. The molecule has 1 aliphatic rings. The fourth-order valence-corrected chi connectivity index (χ4v) is 2.67. The molecule has 1 saturated heterocycles. The highest BCUT2D eigenvalue weighted by Gasteiger charge is 2.20. The zero-order valence-corrected chi connectivity index (χ0v) is 13.5. The van der Waals surface area contributed by atoms with Gasteiger partial charge in [0.25, 0.3) is 0 Å². The Morgan fingerprint density at radius 3 is 2.95 bits per heavy atom. The highest BCUT2D eigenvalue weighted by molar-refractivity contribution is 5.92. The molecule has 4 heteroatoms. The number of para-hydroxylation sites is 1. The molecule has 2 rings (SSSR count). The van der Waals surface area contributed by atoms with E-state index in [1.165, 1.54) is 0 Å². The maximum Gasteiger partial charge on any atom is 0.246 e. The third kappa shape index (κ3) is 4.60. The number of hydrogen-bond acceptors (Lipinski definition) is 3. The number of nitrogens with zero attached hydrogens (tertiary/aromatic N) is 1. The Hall–Kier alpha value is -1.81. The van der Waals surface area contributed by atoms with Crippen molar-refractivity contribution in [2.45, 2.75) is 32.3 Å². The van der Waals surface area contributed by atoms with Crippen molar-refractivity contribution >= 4 is 12.0 Å². The van der Waals surface area contributed by atoms with Gasteiger partial charge in [-0.05, 0) is 31.4 Å². The molecule has 22 heavy (non-hydrogen) atoms. The van der Waals surface area contributed by atoms with Crippen LogP contribution in [0.1, 0.15) is 31.7 Å². The molecule has 0 spiro atoms. The summed E-state index contributed by atoms with van der Waals surface area (Å²) in [5.74, 6) is 0.802. The fourth-order valence-electron chi connectivity index (χ4n) is 2.67. The number of hydrogen-bond donors (Lipinski definition) is 0. The molecule has 0 radical (unpaired) electrons. The molecule has 4 nitrogen and oxygen atoms in total. The second kappa shape index (κ2) is 8.59. The van der Waals surface area contributed by atoms with Gasteiger partial charge in [-0.25, -0.2) is 0 Å². The number of carbonyl (C=O) groups excluding carboxylic acids is 1. The minimum atomic E-state index is 0.0308. The summed E-state index contributed by atoms with van der Waals surface area (Å²) in [6.07, 6.45) is 6.72. The van der Waals surface area contributed by atoms with Gasteiger partial charge in [0.15, 0.2) is 0 Å². The molecule has 1 heterocycles. The van der Waals surface area contributed by atoms with E-state index < -0.39 is 0 Å². The zero-order valence-electron chi connectivity index (χ0n) is 13.5. The summed E-state index contributed by atoms with van der Waals surface area (Å²) in [5.41, 5.74) is 0.909. The van der Waals surface area contributed by atoms with E-state index in [-0.39, 0.29) is 12.0 Å². The van der Waals surface area contributed by atoms with E-state index in [1.807, 2.05) is 35.2 Å². The van der Waals surface area contributed by atoms with Crippen LogP contribution < -0.4 is 4.74 Å². The summed E-state index contributed by atoms with van der Waals surface area (Å²) in [4.78, 5) is 14.3. The molecule has 0 N–H and O–H groups in total. The third-order valence-electron chi connectivity index (χ3n) is 3.80. The summed E-state index contributed by atoms with van der Waals surface area (Å²) in [6.45, 7) is 4.34. The summed E-state index contributed by atoms with van der Waals surface area (Å²) < 4.78 is 10.9. The number of ether oxygens (including phenoxy) is 2. The Bertz CT molecular complexity index is 507. The highest BCUT2D eigenvalue weighted by atomic mass is 16.5. The van der Waals surface area contributed by atoms with Crippen molar-refractivity contribution in [3.63, 3.8) is 0 Å². The normalized spacial score (nSPS) is 17.8. The first-order valence-electron chi connectivity index (χ1n) is 7.96. The first-order valence-corrected chi connectivity index (χ1v) is 7.96. The van der Waals surface area contributed by atoms with Crippen LogP contribution in [-0.2, 0) is 9.53 Å². The van der Waals surface area contributed by atoms with E-state index in [0.29, 0.717) is 6.54 Å². The first kappa shape index (κ1) is 16.6. The summed E-state index contributed by atoms with van der Waals surface area (Å²) in [5, 5.41) is 0. The van der Waals surface area contributed by atoms with E-state index in [0.717, 1.165) is 43.7 Å². The Morgan fingerprint density at radius 2 is 2.27 bits per heavy atom. The molecule has 1 unspecified atom stereocenters. The molecule has 1 fully saturated rings. The van der Waals surface area contributed by atoms with E-state index >= 15 is 0 Å². The van der Waals surface area contributed by atoms with E-state index in [9.17, 15) is 4.79 Å². The minimum Gasteiger partial charge on any atom is -0.496 e. The molecule has 0 saturated carbocycles. The van der Waals surface area contributed by atoms with Crippen LogP contribution in [-0.4, -0.2) is 43.7 Å². The van der Waals surface area contributed by atoms with Crippen molar-refractivity contribution in [3.8, 4) is 5.75 Å². The average molecular weight is 303 g/mol. The Labute approximate surface area is 132 Å². The lowest BCUT2D eigenvalue weighted by atomic mass is 10.1. The van der Waals surface area contributed by atoms with Crippen LogP contribution in [0, 0.1) is 0 Å². The highest BCUT2D eigenvalue weighted by Crippen LogP contribution is 2.19. The van der Waals surface area contributed by atoms with Gasteiger partial charge < -0.3 is 14.4 Å². The molecule has 1 atom stereocenters. The molecule has 1 amide bonds. The van der Waals surface area contributed by atoms with Crippen LogP contribution in [0.3, 0.4) is 0 Å². The maximum atomic E-state index is 12.4. The van der Waals surface area contributed by atoms with Gasteiger partial charge in [0.2, 0.25) is 5.91 Å². The number of carbonyl (C=O) groups is 1. The average Bonchev–Trinajstić information content (AvgIpc) is 3.05. The number of rotatable bonds is 7. The molecule has 0 aromatic heterocycles. The van der Waals surface area contributed by atoms with Crippen molar-refractivity contribution in [1.29, 1.82) is 0 Å². The number of methoxy groups -OCH3 is 1. The lowest BCUT2D eigenvalue weighted by molar-refractivity contribution is -0.127. The molecule has 1 aromatic carbocycles. The largest absolute Gasteiger partial charge is 0.496 e. The predicted octanol–water partition coefficient (Wildman–Crippen LogP) is 3.13. The van der Waals surface area contributed by atoms with Gasteiger partial charge in [-0.15, -0.1) is 0 Å². The van der Waals surface area contributed by atoms with Crippen LogP contribution >= 0.6 is 0 Å². The fraction of sp³-hybridized carbons (Fsp3) is 0.500. The van der Waals surface area contributed by atoms with Gasteiger partial charge in [0.1, 0.15) is 5.75 Å². The number of amides is 1. The van der Waals surface area contributed by atoms with Crippen molar-refractivity contribution in [3.05, 3.63) is 35.9 Å². The predicted molar refractivity (Wildman–Crippen MR) is 87.9 cm³/mol. The van der Waals surface area contributed by atoms with Crippen LogP contribution in [0.4, 0.5) is 0 Å². The van der Waals surface area contributed by atoms with Gasteiger partial charge in [0, 0.05) is 31.3 Å².